The summed E-state index contributed by atoms with van der Waals surface area (Å²) in [5.74, 6) is 0. The lowest BCUT2D eigenvalue weighted by atomic mass is 9.96. The lowest BCUT2D eigenvalue weighted by molar-refractivity contribution is 1.70. The molecule has 0 bridgehead atoms. The summed E-state index contributed by atoms with van der Waals surface area (Å²) in [6, 6.07) is 23.6. The molecule has 21 heavy (non-hydrogen) atoms. The predicted octanol–water partition coefficient (Wildman–Crippen LogP) is 6.29. The normalized spacial score (nSPS) is 12.0. The van der Waals surface area contributed by atoms with E-state index in [1.165, 1.54) is 43.8 Å². The van der Waals surface area contributed by atoms with Crippen molar-refractivity contribution in [3.8, 4) is 22.3 Å². The van der Waals surface area contributed by atoms with Crippen LogP contribution in [0.3, 0.4) is 0 Å². The molecule has 4 aromatic carbocycles. The van der Waals surface area contributed by atoms with Crippen LogP contribution in [-0.4, -0.2) is 0 Å². The molecule has 4 aromatic rings. The fourth-order valence-corrected chi connectivity index (χ4v) is 3.89. The molecule has 0 saturated heterocycles. The van der Waals surface area contributed by atoms with Crippen molar-refractivity contribution in [3.05, 3.63) is 71.8 Å². The molecule has 1 heteroatoms. The molecule has 0 nitrogen and oxygen atoms in total. The molecule has 1 aliphatic rings. The van der Waals surface area contributed by atoms with Gasteiger partial charge in [-0.25, -0.2) is 0 Å². The van der Waals surface area contributed by atoms with Gasteiger partial charge in [0.25, 0.3) is 0 Å². The zero-order valence-electron chi connectivity index (χ0n) is 11.2. The van der Waals surface area contributed by atoms with Crippen LogP contribution in [0.4, 0.5) is 0 Å². The Balaban J connectivity index is 2.14. The Morgan fingerprint density at radius 2 is 1.38 bits per heavy atom. The Morgan fingerprint density at radius 3 is 2.33 bits per heavy atom. The monoisotopic (exact) mass is 286 g/mol. The van der Waals surface area contributed by atoms with Crippen LogP contribution in [0.1, 0.15) is 0 Å². The van der Waals surface area contributed by atoms with E-state index in [2.05, 4.69) is 54.6 Å². The van der Waals surface area contributed by atoms with Crippen molar-refractivity contribution in [1.29, 1.82) is 0 Å². The van der Waals surface area contributed by atoms with Crippen molar-refractivity contribution in [2.24, 2.45) is 0 Å². The molecule has 0 heterocycles. The molecular formula is C20H11Cl. The third kappa shape index (κ3) is 1.36. The molecule has 0 aliphatic heterocycles. The lowest BCUT2D eigenvalue weighted by Gasteiger charge is -2.07. The topological polar surface area (TPSA) is 0 Å². The fraction of sp³-hybridized carbons (Fsp3) is 0. The molecule has 0 atom stereocenters. The molecule has 0 radical (unpaired) electrons. The molecular weight excluding hydrogens is 276 g/mol. The van der Waals surface area contributed by atoms with E-state index >= 15 is 0 Å². The highest BCUT2D eigenvalue weighted by Gasteiger charge is 2.24. The van der Waals surface area contributed by atoms with Crippen LogP contribution in [0.15, 0.2) is 66.7 Å². The average Bonchev–Trinajstić information content (AvgIpc) is 2.86. The summed E-state index contributed by atoms with van der Waals surface area (Å²) in [6.45, 7) is 0. The summed E-state index contributed by atoms with van der Waals surface area (Å²) in [6.07, 6.45) is 0. The van der Waals surface area contributed by atoms with E-state index in [4.69, 9.17) is 11.6 Å². The third-order valence-electron chi connectivity index (χ3n) is 4.44. The van der Waals surface area contributed by atoms with Crippen molar-refractivity contribution in [2.45, 2.75) is 0 Å². The van der Waals surface area contributed by atoms with Gasteiger partial charge < -0.3 is 0 Å². The Hall–Kier alpha value is -2.31. The average molecular weight is 287 g/mol. The molecule has 0 spiro atoms. The minimum Gasteiger partial charge on any atom is -0.0836 e. The van der Waals surface area contributed by atoms with Gasteiger partial charge in [-0.05, 0) is 50.4 Å². The highest BCUT2D eigenvalue weighted by atomic mass is 35.5. The molecule has 98 valence electrons. The van der Waals surface area contributed by atoms with Gasteiger partial charge >= 0.3 is 0 Å². The number of benzene rings is 4. The van der Waals surface area contributed by atoms with Crippen molar-refractivity contribution in [3.63, 3.8) is 0 Å². The Bertz CT molecular complexity index is 1040. The minimum absolute atomic E-state index is 0.834. The largest absolute Gasteiger partial charge is 0.0836 e. The Morgan fingerprint density at radius 1 is 0.619 bits per heavy atom. The highest BCUT2D eigenvalue weighted by molar-refractivity contribution is 6.37. The van der Waals surface area contributed by atoms with Crippen LogP contribution >= 0.6 is 11.6 Å². The first-order valence-electron chi connectivity index (χ1n) is 7.08. The fourth-order valence-electron chi connectivity index (χ4n) is 3.62. The van der Waals surface area contributed by atoms with Crippen LogP contribution in [0.25, 0.3) is 43.8 Å². The maximum Gasteiger partial charge on any atom is 0.0490 e. The van der Waals surface area contributed by atoms with Crippen molar-refractivity contribution < 1.29 is 0 Å². The smallest absolute Gasteiger partial charge is 0.0490 e. The van der Waals surface area contributed by atoms with Gasteiger partial charge in [0.1, 0.15) is 0 Å². The second kappa shape index (κ2) is 3.87. The second-order valence-corrected chi connectivity index (χ2v) is 5.95. The van der Waals surface area contributed by atoms with Crippen molar-refractivity contribution >= 4 is 33.1 Å². The third-order valence-corrected chi connectivity index (χ3v) is 4.76. The van der Waals surface area contributed by atoms with Gasteiger partial charge in [0.2, 0.25) is 0 Å². The van der Waals surface area contributed by atoms with Gasteiger partial charge in [-0.3, -0.25) is 0 Å². The van der Waals surface area contributed by atoms with Gasteiger partial charge in [-0.1, -0.05) is 66.2 Å². The summed E-state index contributed by atoms with van der Waals surface area (Å²) in [5, 5.41) is 6.04. The zero-order chi connectivity index (χ0) is 14.0. The summed E-state index contributed by atoms with van der Waals surface area (Å²) in [5.41, 5.74) is 5.02. The molecule has 0 aromatic heterocycles. The van der Waals surface area contributed by atoms with Crippen LogP contribution in [0.2, 0.25) is 5.02 Å². The van der Waals surface area contributed by atoms with Gasteiger partial charge in [0, 0.05) is 10.6 Å². The first-order chi connectivity index (χ1) is 10.3. The Kier molecular flexibility index (Phi) is 2.09. The number of halogens is 1. The van der Waals surface area contributed by atoms with Gasteiger partial charge in [0.05, 0.1) is 0 Å². The van der Waals surface area contributed by atoms with Crippen LogP contribution in [-0.2, 0) is 0 Å². The quantitative estimate of drug-likeness (QED) is 0.293. The maximum atomic E-state index is 6.50. The van der Waals surface area contributed by atoms with Crippen LogP contribution in [0.5, 0.6) is 0 Å². The molecule has 0 N–H and O–H groups in total. The minimum atomic E-state index is 0.834. The lowest BCUT2D eigenvalue weighted by Crippen LogP contribution is -1.80. The van der Waals surface area contributed by atoms with E-state index in [0.29, 0.717) is 0 Å². The standard InChI is InChI=1S/C20H11Cl/c21-17-10-4-9-16-19(17)15-8-3-6-13-11-12-5-1-2-7-14(12)20(16)18(13)15/h1-11H. The van der Waals surface area contributed by atoms with E-state index in [-0.39, 0.29) is 0 Å². The van der Waals surface area contributed by atoms with E-state index in [1.807, 2.05) is 12.1 Å². The summed E-state index contributed by atoms with van der Waals surface area (Å²) >= 11 is 6.50. The zero-order valence-corrected chi connectivity index (χ0v) is 12.0. The van der Waals surface area contributed by atoms with Crippen LogP contribution < -0.4 is 0 Å². The van der Waals surface area contributed by atoms with E-state index in [9.17, 15) is 0 Å². The van der Waals surface area contributed by atoms with E-state index < -0.39 is 0 Å². The van der Waals surface area contributed by atoms with E-state index in [1.54, 1.807) is 0 Å². The summed E-state index contributed by atoms with van der Waals surface area (Å²) in [4.78, 5) is 0. The first-order valence-corrected chi connectivity index (χ1v) is 7.46. The number of rotatable bonds is 0. The van der Waals surface area contributed by atoms with Gasteiger partial charge in [-0.2, -0.15) is 0 Å². The first kappa shape index (κ1) is 11.4. The number of fused-ring (bicyclic) bond motifs is 5. The van der Waals surface area contributed by atoms with Gasteiger partial charge in [-0.15, -0.1) is 0 Å². The molecule has 0 saturated carbocycles. The molecule has 5 rings (SSSR count). The second-order valence-electron chi connectivity index (χ2n) is 5.54. The SMILES string of the molecule is Clc1cccc2c1-c1cccc3cc4ccccc4c-2c13. The predicted molar refractivity (Wildman–Crippen MR) is 90.9 cm³/mol. The van der Waals surface area contributed by atoms with Crippen LogP contribution in [0, 0.1) is 0 Å². The molecule has 0 unspecified atom stereocenters. The Labute approximate surface area is 127 Å². The maximum absolute atomic E-state index is 6.50. The van der Waals surface area contributed by atoms with E-state index in [0.717, 1.165) is 5.02 Å². The number of hydrogen-bond donors (Lipinski definition) is 0. The summed E-state index contributed by atoms with van der Waals surface area (Å²) in [7, 11) is 0. The number of hydrogen-bond acceptors (Lipinski definition) is 0. The van der Waals surface area contributed by atoms with Crippen molar-refractivity contribution in [2.75, 3.05) is 0 Å². The molecule has 1 aliphatic carbocycles. The van der Waals surface area contributed by atoms with Gasteiger partial charge in [0.15, 0.2) is 0 Å². The highest BCUT2D eigenvalue weighted by Crippen LogP contribution is 2.52. The molecule has 0 fully saturated rings. The van der Waals surface area contributed by atoms with Crippen molar-refractivity contribution in [1.82, 2.24) is 0 Å². The summed E-state index contributed by atoms with van der Waals surface area (Å²) < 4.78 is 0. The molecule has 0 amide bonds.